The Morgan fingerprint density at radius 2 is 1.83 bits per heavy atom. The Hall–Kier alpha value is -2.98. The molecule has 9 heteroatoms. The molecule has 1 fully saturated rings. The third kappa shape index (κ3) is 7.76. The molecule has 1 aliphatic heterocycles. The van der Waals surface area contributed by atoms with Crippen molar-refractivity contribution in [1.29, 1.82) is 5.41 Å². The molecule has 2 aromatic heterocycles. The van der Waals surface area contributed by atoms with Gasteiger partial charge < -0.3 is 29.9 Å². The molecule has 4 rings (SSSR count). The molecule has 8 nitrogen and oxygen atoms in total. The predicted octanol–water partition coefficient (Wildman–Crippen LogP) is 4.42. The molecule has 1 aliphatic rings. The van der Waals surface area contributed by atoms with Gasteiger partial charge in [-0.15, -0.1) is 0 Å². The van der Waals surface area contributed by atoms with Gasteiger partial charge in [0.1, 0.15) is 23.9 Å². The molecule has 0 spiro atoms. The number of pyridine rings is 1. The lowest BCUT2D eigenvalue weighted by Gasteiger charge is -2.26. The number of imidazole rings is 1. The van der Waals surface area contributed by atoms with Gasteiger partial charge in [0.15, 0.2) is 0 Å². The van der Waals surface area contributed by atoms with Crippen LogP contribution in [0.2, 0.25) is 25.7 Å². The van der Waals surface area contributed by atoms with Gasteiger partial charge in [-0.05, 0) is 54.1 Å². The zero-order chi connectivity index (χ0) is 25.4. The molecular weight excluding hydrogens is 468 g/mol. The van der Waals surface area contributed by atoms with Crippen molar-refractivity contribution in [1.82, 2.24) is 24.9 Å². The molecule has 3 aromatic rings. The first-order chi connectivity index (χ1) is 17.4. The fourth-order valence-corrected chi connectivity index (χ4v) is 4.77. The van der Waals surface area contributed by atoms with E-state index in [4.69, 9.17) is 19.9 Å². The van der Waals surface area contributed by atoms with Gasteiger partial charge in [-0.2, -0.15) is 0 Å². The quantitative estimate of drug-likeness (QED) is 0.146. The van der Waals surface area contributed by atoms with Crippen LogP contribution in [0.3, 0.4) is 0 Å². The number of piperazine rings is 1. The van der Waals surface area contributed by atoms with Crippen LogP contribution in [0.15, 0.2) is 54.9 Å². The molecule has 0 saturated carbocycles. The largest absolute Gasteiger partial charge is 0.456 e. The van der Waals surface area contributed by atoms with Crippen molar-refractivity contribution in [3.05, 3.63) is 66.1 Å². The summed E-state index contributed by atoms with van der Waals surface area (Å²) in [6.07, 6.45) is 7.07. The molecular formula is C27H38N6O2Si. The minimum absolute atomic E-state index is 0.421. The maximum absolute atomic E-state index is 7.50. The van der Waals surface area contributed by atoms with Crippen LogP contribution in [0.1, 0.15) is 11.3 Å². The van der Waals surface area contributed by atoms with Gasteiger partial charge in [0.05, 0.1) is 11.9 Å². The van der Waals surface area contributed by atoms with Gasteiger partial charge >= 0.3 is 0 Å². The van der Waals surface area contributed by atoms with Crippen LogP contribution < -0.4 is 15.4 Å². The molecule has 0 amide bonds. The Balaban J connectivity index is 1.34. The highest BCUT2D eigenvalue weighted by Crippen LogP contribution is 2.24. The van der Waals surface area contributed by atoms with E-state index >= 15 is 0 Å². The normalized spacial score (nSPS) is 15.2. The number of nitrogens with one attached hydrogen (secondary N) is 3. The van der Waals surface area contributed by atoms with E-state index < -0.39 is 8.07 Å². The predicted molar refractivity (Wildman–Crippen MR) is 149 cm³/mol. The number of aromatic nitrogens is 2. The Labute approximate surface area is 214 Å². The first kappa shape index (κ1) is 26.1. The zero-order valence-electron chi connectivity index (χ0n) is 21.6. The third-order valence-electron chi connectivity index (χ3n) is 6.08. The summed E-state index contributed by atoms with van der Waals surface area (Å²) in [6.45, 7) is 13.2. The average Bonchev–Trinajstić information content (AvgIpc) is 3.25. The Kier molecular flexibility index (Phi) is 8.92. The molecule has 0 atom stereocenters. The monoisotopic (exact) mass is 506 g/mol. The van der Waals surface area contributed by atoms with Crippen molar-refractivity contribution < 1.29 is 9.47 Å². The van der Waals surface area contributed by atoms with E-state index in [1.807, 2.05) is 47.0 Å². The first-order valence-electron chi connectivity index (χ1n) is 12.6. The van der Waals surface area contributed by atoms with Crippen LogP contribution in [0.5, 0.6) is 11.5 Å². The number of nitrogens with zero attached hydrogens (tertiary/aromatic N) is 3. The highest BCUT2D eigenvalue weighted by molar-refractivity contribution is 6.76. The number of allylic oxidation sites excluding steroid dienone is 1. The second-order valence-electron chi connectivity index (χ2n) is 10.3. The summed E-state index contributed by atoms with van der Waals surface area (Å²) in [5, 5.41) is 14.2. The van der Waals surface area contributed by atoms with Gasteiger partial charge in [-0.3, -0.25) is 4.90 Å². The summed E-state index contributed by atoms with van der Waals surface area (Å²) in [5.74, 6) is 1.50. The van der Waals surface area contributed by atoms with E-state index in [1.54, 1.807) is 6.08 Å². The molecule has 3 N–H and O–H groups in total. The molecule has 0 unspecified atom stereocenters. The van der Waals surface area contributed by atoms with Gasteiger partial charge in [0.2, 0.25) is 0 Å². The molecule has 0 radical (unpaired) electrons. The fraction of sp³-hybridized carbons (Fsp3) is 0.407. The minimum atomic E-state index is -1.10. The van der Waals surface area contributed by atoms with Crippen molar-refractivity contribution in [3.63, 3.8) is 0 Å². The van der Waals surface area contributed by atoms with Crippen LogP contribution in [0.4, 0.5) is 0 Å². The lowest BCUT2D eigenvalue weighted by Crippen LogP contribution is -2.42. The zero-order valence-corrected chi connectivity index (χ0v) is 22.6. The van der Waals surface area contributed by atoms with E-state index in [2.05, 4.69) is 41.4 Å². The lowest BCUT2D eigenvalue weighted by molar-refractivity contribution is 0.139. The van der Waals surface area contributed by atoms with E-state index in [9.17, 15) is 0 Å². The molecule has 1 saturated heterocycles. The summed E-state index contributed by atoms with van der Waals surface area (Å²) >= 11 is 0. The number of fused-ring (bicyclic) bond motifs is 1. The highest BCUT2D eigenvalue weighted by Gasteiger charge is 2.13. The first-order valence-corrected chi connectivity index (χ1v) is 16.3. The summed E-state index contributed by atoms with van der Waals surface area (Å²) < 4.78 is 13.9. The van der Waals surface area contributed by atoms with Gasteiger partial charge in [-0.1, -0.05) is 19.6 Å². The van der Waals surface area contributed by atoms with Crippen LogP contribution in [-0.4, -0.2) is 68.1 Å². The molecule has 1 aromatic carbocycles. The Morgan fingerprint density at radius 3 is 2.56 bits per heavy atom. The lowest BCUT2D eigenvalue weighted by atomic mass is 10.1. The second kappa shape index (κ2) is 12.3. The SMILES string of the molecule is C[Si](C)(C)CCOCN/C(=C\C=N)c1ccc(Oc2ccc3nc(CN4CCNCC4)cn3c2)cc1. The second-order valence-corrected chi connectivity index (χ2v) is 15.9. The third-order valence-corrected chi connectivity index (χ3v) is 7.79. The number of rotatable bonds is 12. The average molecular weight is 507 g/mol. The minimum Gasteiger partial charge on any atom is -0.456 e. The van der Waals surface area contributed by atoms with Gasteiger partial charge in [-0.25, -0.2) is 4.98 Å². The van der Waals surface area contributed by atoms with Crippen molar-refractivity contribution in [2.24, 2.45) is 0 Å². The standard InChI is InChI=1S/C27H38N6O2Si/c1-36(2,3)17-16-34-21-30-26(10-11-28)22-4-6-24(7-5-22)35-25-8-9-27-31-23(19-33(27)20-25)18-32-14-12-29-13-15-32/h4-11,19-20,28-30H,12-18,21H2,1-3H3/b26-10-,28-11?. The van der Waals surface area contributed by atoms with Crippen molar-refractivity contribution in [3.8, 4) is 11.5 Å². The number of benzene rings is 1. The number of ether oxygens (including phenoxy) is 2. The summed E-state index contributed by atoms with van der Waals surface area (Å²) in [6, 6.07) is 12.9. The summed E-state index contributed by atoms with van der Waals surface area (Å²) in [5.41, 5.74) is 3.81. The maximum atomic E-state index is 7.50. The Bertz CT molecular complexity index is 1160. The van der Waals surface area contributed by atoms with Crippen LogP contribution in [-0.2, 0) is 11.3 Å². The summed E-state index contributed by atoms with van der Waals surface area (Å²) in [4.78, 5) is 7.18. The van der Waals surface area contributed by atoms with E-state index in [-0.39, 0.29) is 0 Å². The molecule has 0 aliphatic carbocycles. The van der Waals surface area contributed by atoms with Crippen molar-refractivity contribution in [2.45, 2.75) is 32.2 Å². The topological polar surface area (TPSA) is 86.9 Å². The van der Waals surface area contributed by atoms with Gasteiger partial charge in [0, 0.05) is 65.5 Å². The number of hydrogen-bond donors (Lipinski definition) is 3. The van der Waals surface area contributed by atoms with Crippen LogP contribution in [0.25, 0.3) is 11.3 Å². The van der Waals surface area contributed by atoms with Crippen LogP contribution >= 0.6 is 0 Å². The Morgan fingerprint density at radius 1 is 1.08 bits per heavy atom. The van der Waals surface area contributed by atoms with Gasteiger partial charge in [0.25, 0.3) is 0 Å². The fourth-order valence-electron chi connectivity index (χ4n) is 4.02. The van der Waals surface area contributed by atoms with E-state index in [0.29, 0.717) is 6.73 Å². The van der Waals surface area contributed by atoms with Crippen molar-refractivity contribution >= 4 is 25.6 Å². The molecule has 0 bridgehead atoms. The van der Waals surface area contributed by atoms with Crippen molar-refractivity contribution in [2.75, 3.05) is 39.5 Å². The highest BCUT2D eigenvalue weighted by atomic mass is 28.3. The van der Waals surface area contributed by atoms with E-state index in [0.717, 1.165) is 79.5 Å². The smallest absolute Gasteiger partial charge is 0.144 e. The maximum Gasteiger partial charge on any atom is 0.144 e. The number of hydrogen-bond acceptors (Lipinski definition) is 7. The van der Waals surface area contributed by atoms with Crippen LogP contribution in [0, 0.1) is 5.41 Å². The summed E-state index contributed by atoms with van der Waals surface area (Å²) in [7, 11) is -1.10. The van der Waals surface area contributed by atoms with E-state index in [1.165, 1.54) is 6.21 Å². The molecule has 36 heavy (non-hydrogen) atoms. The molecule has 192 valence electrons. The molecule has 3 heterocycles.